The van der Waals surface area contributed by atoms with Gasteiger partial charge in [0.1, 0.15) is 0 Å². The van der Waals surface area contributed by atoms with Crippen LogP contribution in [0.1, 0.15) is 11.7 Å². The number of hydrogen-bond donors (Lipinski definition) is 0. The summed E-state index contributed by atoms with van der Waals surface area (Å²) >= 11 is 0. The van der Waals surface area contributed by atoms with E-state index in [1.807, 2.05) is 60.7 Å². The number of para-hydroxylation sites is 1. The zero-order valence-electron chi connectivity index (χ0n) is 11.2. The summed E-state index contributed by atoms with van der Waals surface area (Å²) in [6.07, 6.45) is -2.92. The Labute approximate surface area is 120 Å². The molecule has 0 aromatic heterocycles. The van der Waals surface area contributed by atoms with Gasteiger partial charge in [0.2, 0.25) is 0 Å². The first-order valence-electron chi connectivity index (χ1n) is 6.61. The lowest BCUT2D eigenvalue weighted by Gasteiger charge is -2.07. The van der Waals surface area contributed by atoms with Crippen LogP contribution in [0.5, 0.6) is 0 Å². The molecule has 6 heteroatoms. The van der Waals surface area contributed by atoms with E-state index in [-0.39, 0.29) is 0 Å². The van der Waals surface area contributed by atoms with Crippen LogP contribution in [0.3, 0.4) is 0 Å². The molecule has 1 aliphatic heterocycles. The number of rotatable bonds is 4. The van der Waals surface area contributed by atoms with Crippen LogP contribution >= 0.6 is 0 Å². The lowest BCUT2D eigenvalue weighted by molar-refractivity contribution is -0.777. The van der Waals surface area contributed by atoms with Gasteiger partial charge in [0.15, 0.2) is 12.2 Å². The van der Waals surface area contributed by atoms with Crippen molar-refractivity contribution in [2.45, 2.75) is 12.6 Å². The number of alkyl halides is 2. The minimum atomic E-state index is -2.47. The normalized spacial score (nSPS) is 17.8. The first kappa shape index (κ1) is 13.5. The molecule has 4 nitrogen and oxygen atoms in total. The van der Waals surface area contributed by atoms with Crippen molar-refractivity contribution in [3.63, 3.8) is 0 Å². The Balaban J connectivity index is 1.99. The van der Waals surface area contributed by atoms with Crippen LogP contribution in [0.15, 0.2) is 71.1 Å². The summed E-state index contributed by atoms with van der Waals surface area (Å²) in [5.41, 5.74) is 1.68. The van der Waals surface area contributed by atoms with E-state index in [0.717, 1.165) is 11.3 Å². The highest BCUT2D eigenvalue weighted by Crippen LogP contribution is 2.30. The molecule has 1 aliphatic rings. The molecule has 0 radical (unpaired) electrons. The molecular weight excluding hydrogens is 274 g/mol. The third-order valence-corrected chi connectivity index (χ3v) is 3.21. The molecule has 3 rings (SSSR count). The molecule has 1 atom stereocenters. The number of halogens is 2. The number of benzene rings is 2. The second kappa shape index (κ2) is 5.87. The maximum atomic E-state index is 12.7. The average molecular weight is 288 g/mol. The molecular formula is C15H14F2N4+2. The molecule has 1 heterocycles. The highest BCUT2D eigenvalue weighted by Gasteiger charge is 2.44. The molecule has 2 aromatic carbocycles. The van der Waals surface area contributed by atoms with E-state index >= 15 is 0 Å². The Morgan fingerprint density at radius 2 is 1.52 bits per heavy atom. The molecule has 0 saturated carbocycles. The van der Waals surface area contributed by atoms with Gasteiger partial charge < -0.3 is 0 Å². The van der Waals surface area contributed by atoms with Crippen LogP contribution in [-0.4, -0.2) is 22.4 Å². The molecule has 0 spiro atoms. The molecule has 0 amide bonds. The van der Waals surface area contributed by atoms with E-state index < -0.39 is 19.1 Å². The van der Waals surface area contributed by atoms with Gasteiger partial charge in [0.25, 0.3) is 6.43 Å². The molecule has 21 heavy (non-hydrogen) atoms. The van der Waals surface area contributed by atoms with Gasteiger partial charge in [-0.2, -0.15) is 0 Å². The molecule has 0 saturated heterocycles. The van der Waals surface area contributed by atoms with Gasteiger partial charge in [0.05, 0.1) is 0 Å². The van der Waals surface area contributed by atoms with Crippen molar-refractivity contribution in [3.05, 3.63) is 66.2 Å². The molecule has 0 fully saturated rings. The summed E-state index contributed by atoms with van der Waals surface area (Å²) in [5, 5.41) is 7.94. The highest BCUT2D eigenvalue weighted by atomic mass is 19.3. The standard InChI is InChI=1S/C15H14F2N4/c16-14(17)11-20-15(12-7-3-1-4-8-12)21(19-18-20)13-9-5-2-6-10-13/h1-10,14-15H,11H2/q+2. The lowest BCUT2D eigenvalue weighted by Crippen LogP contribution is -2.25. The Morgan fingerprint density at radius 3 is 2.14 bits per heavy atom. The first-order valence-corrected chi connectivity index (χ1v) is 6.61. The second-order valence-electron chi connectivity index (χ2n) is 4.66. The Hall–Kier alpha value is -2.50. The largest absolute Gasteiger partial charge is 0.392 e. The predicted octanol–water partition coefficient (Wildman–Crippen LogP) is 4.14. The first-order chi connectivity index (χ1) is 10.3. The fourth-order valence-corrected chi connectivity index (χ4v) is 2.31. The van der Waals surface area contributed by atoms with Crippen LogP contribution < -0.4 is 0 Å². The van der Waals surface area contributed by atoms with Gasteiger partial charge in [-0.15, -0.1) is 0 Å². The Kier molecular flexibility index (Phi) is 3.77. The summed E-state index contributed by atoms with van der Waals surface area (Å²) in [4.78, 5) is 0. The summed E-state index contributed by atoms with van der Waals surface area (Å²) < 4.78 is 28.4. The monoisotopic (exact) mass is 288 g/mol. The SMILES string of the molecule is FC(F)C[N+]1=NN=[N+](c2ccccc2)C1c1ccccc1. The Bertz CT molecular complexity index is 669. The maximum Gasteiger partial charge on any atom is 0.392 e. The van der Waals surface area contributed by atoms with E-state index in [4.69, 9.17) is 0 Å². The van der Waals surface area contributed by atoms with Gasteiger partial charge in [0, 0.05) is 10.3 Å². The second-order valence-corrected chi connectivity index (χ2v) is 4.66. The molecule has 0 aliphatic carbocycles. The molecule has 106 valence electrons. The Morgan fingerprint density at radius 1 is 0.905 bits per heavy atom. The summed E-state index contributed by atoms with van der Waals surface area (Å²) in [6.45, 7) is -0.452. The van der Waals surface area contributed by atoms with E-state index in [0.29, 0.717) is 0 Å². The minimum absolute atomic E-state index is 0.452. The van der Waals surface area contributed by atoms with Gasteiger partial charge in [-0.1, -0.05) is 48.5 Å². The summed E-state index contributed by atoms with van der Waals surface area (Å²) in [7, 11) is 0. The van der Waals surface area contributed by atoms with E-state index in [9.17, 15) is 8.78 Å². The summed E-state index contributed by atoms with van der Waals surface area (Å²) in [6, 6.07) is 18.8. The molecule has 0 N–H and O–H groups in total. The molecule has 1 unspecified atom stereocenters. The topological polar surface area (TPSA) is 30.7 Å². The van der Waals surface area contributed by atoms with Crippen LogP contribution in [-0.2, 0) is 0 Å². The fraction of sp³-hybridized carbons (Fsp3) is 0.200. The fourth-order valence-electron chi connectivity index (χ4n) is 2.31. The van der Waals surface area contributed by atoms with Crippen molar-refractivity contribution in [2.24, 2.45) is 10.4 Å². The van der Waals surface area contributed by atoms with Crippen molar-refractivity contribution in [3.8, 4) is 0 Å². The third kappa shape index (κ3) is 2.84. The predicted molar refractivity (Wildman–Crippen MR) is 71.5 cm³/mol. The minimum Gasteiger partial charge on any atom is -0.206 e. The van der Waals surface area contributed by atoms with Crippen molar-refractivity contribution in [2.75, 3.05) is 6.54 Å². The van der Waals surface area contributed by atoms with Gasteiger partial charge >= 0.3 is 16.6 Å². The zero-order chi connectivity index (χ0) is 14.7. The zero-order valence-corrected chi connectivity index (χ0v) is 11.2. The molecule has 0 bridgehead atoms. The number of hydrogen-bond acceptors (Lipinski definition) is 2. The van der Waals surface area contributed by atoms with Crippen LogP contribution in [0.4, 0.5) is 14.5 Å². The van der Waals surface area contributed by atoms with E-state index in [1.54, 1.807) is 4.70 Å². The van der Waals surface area contributed by atoms with Crippen molar-refractivity contribution >= 4 is 5.69 Å². The van der Waals surface area contributed by atoms with Crippen molar-refractivity contribution in [1.29, 1.82) is 0 Å². The quantitative estimate of drug-likeness (QED) is 0.757. The average Bonchev–Trinajstić information content (AvgIpc) is 2.92. The van der Waals surface area contributed by atoms with Gasteiger partial charge in [-0.25, -0.2) is 8.78 Å². The van der Waals surface area contributed by atoms with Gasteiger partial charge in [-0.05, 0) is 16.8 Å². The maximum absolute atomic E-state index is 12.7. The van der Waals surface area contributed by atoms with Gasteiger partial charge in [-0.3, -0.25) is 0 Å². The lowest BCUT2D eigenvalue weighted by atomic mass is 10.1. The van der Waals surface area contributed by atoms with E-state index in [2.05, 4.69) is 10.4 Å². The number of nitrogens with zero attached hydrogens (tertiary/aromatic N) is 4. The third-order valence-electron chi connectivity index (χ3n) is 3.21. The van der Waals surface area contributed by atoms with Crippen molar-refractivity contribution < 1.29 is 18.2 Å². The van der Waals surface area contributed by atoms with Crippen LogP contribution in [0.25, 0.3) is 0 Å². The van der Waals surface area contributed by atoms with Crippen LogP contribution in [0.2, 0.25) is 0 Å². The summed E-state index contributed by atoms with van der Waals surface area (Å²) in [5.74, 6) is 0. The highest BCUT2D eigenvalue weighted by molar-refractivity contribution is 5.29. The van der Waals surface area contributed by atoms with Crippen molar-refractivity contribution in [1.82, 2.24) is 0 Å². The molecule has 2 aromatic rings. The van der Waals surface area contributed by atoms with Crippen LogP contribution in [0, 0.1) is 0 Å². The smallest absolute Gasteiger partial charge is 0.206 e. The van der Waals surface area contributed by atoms with E-state index in [1.165, 1.54) is 4.70 Å².